The van der Waals surface area contributed by atoms with Crippen LogP contribution in [0.4, 0.5) is 10.1 Å². The van der Waals surface area contributed by atoms with Gasteiger partial charge in [-0.1, -0.05) is 6.07 Å². The first kappa shape index (κ1) is 15.1. The van der Waals surface area contributed by atoms with Gasteiger partial charge in [0.1, 0.15) is 5.82 Å². The number of alkyl halides is 1. The van der Waals surface area contributed by atoms with Crippen LogP contribution in [0.25, 0.3) is 0 Å². The molecule has 0 atom stereocenters. The Morgan fingerprint density at radius 1 is 1.24 bits per heavy atom. The van der Waals surface area contributed by atoms with E-state index in [1.165, 1.54) is 20.7 Å². The molecule has 7 heteroatoms. The zero-order chi connectivity index (χ0) is 15.0. The molecule has 116 valence electrons. The van der Waals surface area contributed by atoms with Gasteiger partial charge in [0.15, 0.2) is 0 Å². The van der Waals surface area contributed by atoms with Gasteiger partial charge in [0.05, 0.1) is 5.69 Å². The third kappa shape index (κ3) is 2.76. The minimum atomic E-state index is -3.57. The van der Waals surface area contributed by atoms with E-state index in [-0.39, 0.29) is 0 Å². The lowest BCUT2D eigenvalue weighted by atomic mass is 10.0. The number of rotatable bonds is 3. The van der Waals surface area contributed by atoms with Crippen molar-refractivity contribution in [2.24, 2.45) is 5.92 Å². The number of hydrogen-bond donors (Lipinski definition) is 0. The summed E-state index contributed by atoms with van der Waals surface area (Å²) in [6.07, 6.45) is 2.20. The summed E-state index contributed by atoms with van der Waals surface area (Å²) in [6.45, 7) is 1.36. The van der Waals surface area contributed by atoms with Gasteiger partial charge in [0, 0.05) is 25.5 Å². The highest BCUT2D eigenvalue weighted by atomic mass is 35.5. The summed E-state index contributed by atoms with van der Waals surface area (Å²) >= 11 is 5.83. The molecule has 0 unspecified atom stereocenters. The molecule has 0 saturated carbocycles. The van der Waals surface area contributed by atoms with Gasteiger partial charge in [-0.25, -0.2) is 4.39 Å². The molecule has 2 aliphatic rings. The van der Waals surface area contributed by atoms with Crippen molar-refractivity contribution in [3.05, 3.63) is 29.6 Å². The van der Waals surface area contributed by atoms with Crippen molar-refractivity contribution in [1.82, 2.24) is 4.31 Å². The molecule has 0 aromatic heterocycles. The summed E-state index contributed by atoms with van der Waals surface area (Å²) in [5.41, 5.74) is 1.37. The summed E-state index contributed by atoms with van der Waals surface area (Å²) in [5.74, 6) is 0.559. The second-order valence-electron chi connectivity index (χ2n) is 5.60. The molecule has 1 fully saturated rings. The Morgan fingerprint density at radius 2 is 1.95 bits per heavy atom. The van der Waals surface area contributed by atoms with E-state index in [4.69, 9.17) is 11.6 Å². The van der Waals surface area contributed by atoms with Crippen LogP contribution in [-0.4, -0.2) is 38.2 Å². The number of piperidine rings is 1. The first-order valence-corrected chi connectivity index (χ1v) is 9.07. The van der Waals surface area contributed by atoms with Crippen LogP contribution in [-0.2, 0) is 16.6 Å². The molecule has 4 nitrogen and oxygen atoms in total. The number of hydrogen-bond acceptors (Lipinski definition) is 2. The SMILES string of the molecule is O=S(=O)(N1CCC(CCl)CC1)N1CCc2ccc(F)cc21. The molecule has 0 bridgehead atoms. The summed E-state index contributed by atoms with van der Waals surface area (Å²) in [4.78, 5) is 0. The van der Waals surface area contributed by atoms with Crippen LogP contribution in [0, 0.1) is 11.7 Å². The van der Waals surface area contributed by atoms with Crippen LogP contribution in [0.3, 0.4) is 0 Å². The van der Waals surface area contributed by atoms with Gasteiger partial charge < -0.3 is 0 Å². The van der Waals surface area contributed by atoms with Gasteiger partial charge in [-0.05, 0) is 42.9 Å². The largest absolute Gasteiger partial charge is 0.304 e. The topological polar surface area (TPSA) is 40.6 Å². The van der Waals surface area contributed by atoms with Crippen molar-refractivity contribution in [2.75, 3.05) is 29.8 Å². The second kappa shape index (κ2) is 5.74. The van der Waals surface area contributed by atoms with E-state index in [0.29, 0.717) is 43.5 Å². The summed E-state index contributed by atoms with van der Waals surface area (Å²) in [7, 11) is -3.57. The molecule has 2 heterocycles. The molecular formula is C14H18ClFN2O2S. The second-order valence-corrected chi connectivity index (χ2v) is 7.76. The Balaban J connectivity index is 1.83. The average Bonchev–Trinajstić information content (AvgIpc) is 2.91. The van der Waals surface area contributed by atoms with Crippen molar-refractivity contribution in [3.63, 3.8) is 0 Å². The van der Waals surface area contributed by atoms with Crippen LogP contribution >= 0.6 is 11.6 Å². The van der Waals surface area contributed by atoms with Gasteiger partial charge in [-0.3, -0.25) is 4.31 Å². The van der Waals surface area contributed by atoms with Gasteiger partial charge in [0.2, 0.25) is 0 Å². The molecule has 0 radical (unpaired) electrons. The van der Waals surface area contributed by atoms with E-state index in [2.05, 4.69) is 0 Å². The Hall–Kier alpha value is -0.850. The third-order valence-corrected chi connectivity index (χ3v) is 6.69. The molecule has 0 aliphatic carbocycles. The molecule has 0 N–H and O–H groups in total. The van der Waals surface area contributed by atoms with Crippen molar-refractivity contribution in [1.29, 1.82) is 0 Å². The number of nitrogens with zero attached hydrogens (tertiary/aromatic N) is 2. The highest BCUT2D eigenvalue weighted by Gasteiger charge is 2.36. The smallest absolute Gasteiger partial charge is 0.257 e. The van der Waals surface area contributed by atoms with Crippen molar-refractivity contribution < 1.29 is 12.8 Å². The van der Waals surface area contributed by atoms with E-state index in [9.17, 15) is 12.8 Å². The van der Waals surface area contributed by atoms with Crippen LogP contribution in [0.1, 0.15) is 18.4 Å². The Morgan fingerprint density at radius 3 is 2.62 bits per heavy atom. The van der Waals surface area contributed by atoms with E-state index < -0.39 is 16.0 Å². The highest BCUT2D eigenvalue weighted by Crippen LogP contribution is 2.33. The molecule has 21 heavy (non-hydrogen) atoms. The molecule has 3 rings (SSSR count). The molecule has 1 aromatic carbocycles. The predicted molar refractivity (Wildman–Crippen MR) is 81.4 cm³/mol. The molecule has 2 aliphatic heterocycles. The minimum Gasteiger partial charge on any atom is -0.257 e. The normalized spacial score (nSPS) is 20.8. The minimum absolute atomic E-state index is 0.385. The monoisotopic (exact) mass is 332 g/mol. The lowest BCUT2D eigenvalue weighted by molar-refractivity contribution is 0.289. The van der Waals surface area contributed by atoms with Crippen molar-refractivity contribution >= 4 is 27.5 Å². The lowest BCUT2D eigenvalue weighted by Gasteiger charge is -2.33. The van der Waals surface area contributed by atoms with Crippen LogP contribution in [0.5, 0.6) is 0 Å². The fraction of sp³-hybridized carbons (Fsp3) is 0.571. The summed E-state index contributed by atoms with van der Waals surface area (Å²) in [5, 5.41) is 0. The van der Waals surface area contributed by atoms with Crippen LogP contribution in [0.2, 0.25) is 0 Å². The molecule has 1 saturated heterocycles. The van der Waals surface area contributed by atoms with E-state index in [1.54, 1.807) is 6.07 Å². The van der Waals surface area contributed by atoms with E-state index in [0.717, 1.165) is 18.4 Å². The van der Waals surface area contributed by atoms with Crippen molar-refractivity contribution in [2.45, 2.75) is 19.3 Å². The zero-order valence-corrected chi connectivity index (χ0v) is 13.2. The summed E-state index contributed by atoms with van der Waals surface area (Å²) < 4.78 is 41.8. The maximum absolute atomic E-state index is 13.4. The fourth-order valence-electron chi connectivity index (χ4n) is 3.00. The van der Waals surface area contributed by atoms with Crippen molar-refractivity contribution in [3.8, 4) is 0 Å². The first-order chi connectivity index (χ1) is 10.0. The molecule has 1 aromatic rings. The number of anilines is 1. The number of halogens is 2. The Bertz CT molecular complexity index is 630. The van der Waals surface area contributed by atoms with E-state index >= 15 is 0 Å². The predicted octanol–water partition coefficient (Wildman–Crippen LogP) is 2.38. The summed E-state index contributed by atoms with van der Waals surface area (Å²) in [6, 6.07) is 4.35. The zero-order valence-electron chi connectivity index (χ0n) is 11.6. The third-order valence-electron chi connectivity index (χ3n) is 4.30. The maximum Gasteiger partial charge on any atom is 0.304 e. The number of fused-ring (bicyclic) bond motifs is 1. The average molecular weight is 333 g/mol. The first-order valence-electron chi connectivity index (χ1n) is 7.14. The van der Waals surface area contributed by atoms with Gasteiger partial charge in [-0.2, -0.15) is 12.7 Å². The molecular weight excluding hydrogens is 315 g/mol. The van der Waals surface area contributed by atoms with Crippen LogP contribution < -0.4 is 4.31 Å². The van der Waals surface area contributed by atoms with E-state index in [1.807, 2.05) is 0 Å². The molecule has 0 amide bonds. The Labute approximate surface area is 129 Å². The standard InChI is InChI=1S/C14H18ClFN2O2S/c15-10-11-3-6-17(7-4-11)21(19,20)18-8-5-12-1-2-13(16)9-14(12)18/h1-2,9,11H,3-8,10H2. The molecule has 0 spiro atoms. The highest BCUT2D eigenvalue weighted by molar-refractivity contribution is 7.90. The van der Waals surface area contributed by atoms with Gasteiger partial charge in [0.25, 0.3) is 0 Å². The maximum atomic E-state index is 13.4. The van der Waals surface area contributed by atoms with Gasteiger partial charge in [-0.15, -0.1) is 11.6 Å². The number of benzene rings is 1. The Kier molecular flexibility index (Phi) is 4.12. The quantitative estimate of drug-likeness (QED) is 0.797. The van der Waals surface area contributed by atoms with Gasteiger partial charge >= 0.3 is 10.2 Å². The lowest BCUT2D eigenvalue weighted by Crippen LogP contribution is -2.47. The van der Waals surface area contributed by atoms with Crippen LogP contribution in [0.15, 0.2) is 18.2 Å². The fourth-order valence-corrected chi connectivity index (χ4v) is 5.00.